The molecule has 1 aliphatic heterocycles. The van der Waals surface area contributed by atoms with Gasteiger partial charge in [0.2, 0.25) is 11.1 Å². The van der Waals surface area contributed by atoms with Crippen LogP contribution in [-0.2, 0) is 4.79 Å². The van der Waals surface area contributed by atoms with Crippen LogP contribution in [0.15, 0.2) is 29.4 Å². The van der Waals surface area contributed by atoms with Crippen molar-refractivity contribution in [3.63, 3.8) is 0 Å². The van der Waals surface area contributed by atoms with Gasteiger partial charge in [-0.1, -0.05) is 42.4 Å². The van der Waals surface area contributed by atoms with Gasteiger partial charge < -0.3 is 10.7 Å². The zero-order chi connectivity index (χ0) is 17.8. The molecule has 1 saturated heterocycles. The van der Waals surface area contributed by atoms with E-state index in [1.807, 2.05) is 17.0 Å². The average molecular weight is 380 g/mol. The fraction of sp³-hybridized carbons (Fsp3) is 0.471. The van der Waals surface area contributed by atoms with Gasteiger partial charge in [0.1, 0.15) is 0 Å². The normalized spacial score (nSPS) is 17.7. The predicted molar refractivity (Wildman–Crippen MR) is 101 cm³/mol. The average Bonchev–Trinajstić information content (AvgIpc) is 3.00. The summed E-state index contributed by atoms with van der Waals surface area (Å²) in [6.45, 7) is 2.98. The molecule has 2 heterocycles. The number of hydrogen-bond donors (Lipinski definition) is 1. The van der Waals surface area contributed by atoms with Gasteiger partial charge in [0, 0.05) is 23.2 Å². The van der Waals surface area contributed by atoms with E-state index < -0.39 is 0 Å². The summed E-state index contributed by atoms with van der Waals surface area (Å²) >= 11 is 7.34. The van der Waals surface area contributed by atoms with Gasteiger partial charge in [0.15, 0.2) is 5.82 Å². The van der Waals surface area contributed by atoms with Gasteiger partial charge in [0.25, 0.3) is 0 Å². The molecular formula is C17H22ClN5OS. The monoisotopic (exact) mass is 379 g/mol. The van der Waals surface area contributed by atoms with Gasteiger partial charge in [-0.3, -0.25) is 4.79 Å². The predicted octanol–water partition coefficient (Wildman–Crippen LogP) is 3.20. The van der Waals surface area contributed by atoms with E-state index in [9.17, 15) is 4.79 Å². The van der Waals surface area contributed by atoms with E-state index in [0.29, 0.717) is 27.8 Å². The number of carbonyl (C=O) groups is 1. The number of aromatic nitrogens is 3. The lowest BCUT2D eigenvalue weighted by atomic mass is 10.0. The van der Waals surface area contributed by atoms with Crippen LogP contribution in [0.25, 0.3) is 11.4 Å². The minimum absolute atomic E-state index is 0.142. The molecule has 134 valence electrons. The number of rotatable bonds is 5. The van der Waals surface area contributed by atoms with Gasteiger partial charge in [-0.05, 0) is 37.8 Å². The number of benzene rings is 1. The van der Waals surface area contributed by atoms with E-state index in [-0.39, 0.29) is 5.91 Å². The molecule has 2 N–H and O–H groups in total. The summed E-state index contributed by atoms with van der Waals surface area (Å²) in [5.74, 6) is 7.10. The Morgan fingerprint density at radius 2 is 2.24 bits per heavy atom. The Labute approximate surface area is 156 Å². The van der Waals surface area contributed by atoms with Crippen LogP contribution in [0.5, 0.6) is 0 Å². The number of likely N-dealkylation sites (tertiary alicyclic amines) is 1. The molecule has 0 radical (unpaired) electrons. The van der Waals surface area contributed by atoms with Gasteiger partial charge >= 0.3 is 0 Å². The number of nitrogens with two attached hydrogens (primary N) is 1. The summed E-state index contributed by atoms with van der Waals surface area (Å²) in [5, 5.41) is 9.38. The van der Waals surface area contributed by atoms with E-state index in [4.69, 9.17) is 17.4 Å². The molecule has 1 aromatic heterocycles. The number of carbonyl (C=O) groups excluding carboxylic acids is 1. The number of nitrogens with zero attached hydrogens (tertiary/aromatic N) is 4. The number of amides is 1. The second-order valence-corrected chi connectivity index (χ2v) is 7.50. The molecule has 1 atom stereocenters. The number of hydrogen-bond acceptors (Lipinski definition) is 5. The van der Waals surface area contributed by atoms with Crippen LogP contribution in [0.2, 0.25) is 5.02 Å². The zero-order valence-electron chi connectivity index (χ0n) is 14.2. The van der Waals surface area contributed by atoms with Crippen LogP contribution in [0.1, 0.15) is 32.6 Å². The SMILES string of the molecule is CC[C@@H]1CCCCN1C(=O)CSc1nnc(-c2cccc(Cl)c2)n1N. The number of thioether (sulfide) groups is 1. The summed E-state index contributed by atoms with van der Waals surface area (Å²) in [7, 11) is 0. The van der Waals surface area contributed by atoms with Crippen molar-refractivity contribution in [2.24, 2.45) is 0 Å². The number of nitrogen functional groups attached to an aromatic ring is 1. The lowest BCUT2D eigenvalue weighted by Gasteiger charge is -2.35. The summed E-state index contributed by atoms with van der Waals surface area (Å²) in [6.07, 6.45) is 4.38. The Hall–Kier alpha value is -1.73. The van der Waals surface area contributed by atoms with E-state index in [1.165, 1.54) is 22.9 Å². The third-order valence-electron chi connectivity index (χ3n) is 4.49. The van der Waals surface area contributed by atoms with Crippen LogP contribution in [-0.4, -0.2) is 44.0 Å². The Kier molecular flexibility index (Phi) is 5.86. The largest absolute Gasteiger partial charge is 0.339 e. The van der Waals surface area contributed by atoms with Crippen molar-refractivity contribution in [3.05, 3.63) is 29.3 Å². The second kappa shape index (κ2) is 8.10. The Morgan fingerprint density at radius 3 is 3.00 bits per heavy atom. The lowest BCUT2D eigenvalue weighted by molar-refractivity contribution is -0.132. The third-order valence-corrected chi connectivity index (χ3v) is 5.65. The van der Waals surface area contributed by atoms with Crippen molar-refractivity contribution in [1.82, 2.24) is 19.8 Å². The molecule has 0 aliphatic carbocycles. The summed E-state index contributed by atoms with van der Waals surface area (Å²) < 4.78 is 1.41. The van der Waals surface area contributed by atoms with Crippen molar-refractivity contribution < 1.29 is 4.79 Å². The quantitative estimate of drug-likeness (QED) is 0.637. The number of halogens is 1. The molecule has 0 spiro atoms. The Morgan fingerprint density at radius 1 is 1.40 bits per heavy atom. The van der Waals surface area contributed by atoms with Crippen LogP contribution in [0.3, 0.4) is 0 Å². The lowest BCUT2D eigenvalue weighted by Crippen LogP contribution is -2.44. The highest BCUT2D eigenvalue weighted by atomic mass is 35.5. The first-order chi connectivity index (χ1) is 12.1. The van der Waals surface area contributed by atoms with Gasteiger partial charge in [0.05, 0.1) is 5.75 Å². The molecule has 1 aliphatic rings. The molecule has 1 amide bonds. The Balaban J connectivity index is 1.67. The molecular weight excluding hydrogens is 358 g/mol. The molecule has 3 rings (SSSR count). The van der Waals surface area contributed by atoms with Crippen LogP contribution < -0.4 is 5.84 Å². The first kappa shape index (κ1) is 18.1. The van der Waals surface area contributed by atoms with Crippen molar-refractivity contribution in [2.45, 2.75) is 43.8 Å². The molecule has 2 aromatic rings. The van der Waals surface area contributed by atoms with Crippen LogP contribution in [0.4, 0.5) is 0 Å². The standard InChI is InChI=1S/C17H22ClN5OS/c1-2-14-8-3-4-9-22(14)15(24)11-25-17-21-20-16(23(17)19)12-6-5-7-13(18)10-12/h5-7,10,14H,2-4,8-9,11,19H2,1H3/t14-/m1/s1. The highest BCUT2D eigenvalue weighted by molar-refractivity contribution is 7.99. The van der Waals surface area contributed by atoms with Crippen molar-refractivity contribution in [3.8, 4) is 11.4 Å². The van der Waals surface area contributed by atoms with Crippen molar-refractivity contribution in [2.75, 3.05) is 18.1 Å². The highest BCUT2D eigenvalue weighted by Crippen LogP contribution is 2.25. The first-order valence-corrected chi connectivity index (χ1v) is 9.85. The maximum Gasteiger partial charge on any atom is 0.233 e. The molecule has 0 saturated carbocycles. The van der Waals surface area contributed by atoms with Crippen LogP contribution >= 0.6 is 23.4 Å². The number of piperidine rings is 1. The molecule has 25 heavy (non-hydrogen) atoms. The maximum atomic E-state index is 12.6. The van der Waals surface area contributed by atoms with E-state index >= 15 is 0 Å². The molecule has 0 unspecified atom stereocenters. The van der Waals surface area contributed by atoms with Crippen molar-refractivity contribution in [1.29, 1.82) is 0 Å². The first-order valence-electron chi connectivity index (χ1n) is 8.49. The summed E-state index contributed by atoms with van der Waals surface area (Å²) in [4.78, 5) is 14.6. The van der Waals surface area contributed by atoms with Crippen LogP contribution in [0, 0.1) is 0 Å². The maximum absolute atomic E-state index is 12.6. The Bertz CT molecular complexity index is 750. The fourth-order valence-corrected chi connectivity index (χ4v) is 4.10. The molecule has 8 heteroatoms. The van der Waals surface area contributed by atoms with Gasteiger partial charge in [-0.25, -0.2) is 4.68 Å². The molecule has 6 nitrogen and oxygen atoms in total. The minimum atomic E-state index is 0.142. The van der Waals surface area contributed by atoms with Gasteiger partial charge in [-0.15, -0.1) is 10.2 Å². The topological polar surface area (TPSA) is 77.0 Å². The summed E-state index contributed by atoms with van der Waals surface area (Å²) in [6, 6.07) is 7.65. The summed E-state index contributed by atoms with van der Waals surface area (Å²) in [5.41, 5.74) is 0.794. The van der Waals surface area contributed by atoms with E-state index in [1.54, 1.807) is 12.1 Å². The second-order valence-electron chi connectivity index (χ2n) is 6.12. The van der Waals surface area contributed by atoms with E-state index in [2.05, 4.69) is 17.1 Å². The van der Waals surface area contributed by atoms with Gasteiger partial charge in [-0.2, -0.15) is 0 Å². The molecule has 1 fully saturated rings. The fourth-order valence-electron chi connectivity index (χ4n) is 3.16. The highest BCUT2D eigenvalue weighted by Gasteiger charge is 2.25. The molecule has 1 aromatic carbocycles. The third kappa shape index (κ3) is 4.10. The minimum Gasteiger partial charge on any atom is -0.339 e. The van der Waals surface area contributed by atoms with E-state index in [0.717, 1.165) is 31.4 Å². The zero-order valence-corrected chi connectivity index (χ0v) is 15.8. The van der Waals surface area contributed by atoms with Crippen molar-refractivity contribution >= 4 is 29.3 Å². The smallest absolute Gasteiger partial charge is 0.233 e. The molecule has 0 bridgehead atoms.